The van der Waals surface area contributed by atoms with Gasteiger partial charge in [0.15, 0.2) is 0 Å². The molecule has 25 heavy (non-hydrogen) atoms. The standard InChI is InChI=1S/C7H16ClNO2S.C3H6Cl2O2S.I3.I2/c1-7(2,3)9-12(10,11)6-4-5-8;4-2-1-3-8(5,6)7;1-3-2;1-2/h9H,4-6H2,1-3H3;1-3H2;;/q;;-1;. The van der Waals surface area contributed by atoms with E-state index in [0.717, 1.165) is 0 Å². The summed E-state index contributed by atoms with van der Waals surface area (Å²) in [5, 5.41) is 0. The molecule has 0 radical (unpaired) electrons. The monoisotopic (exact) mass is 1020 g/mol. The average molecular weight is 1030 g/mol. The van der Waals surface area contributed by atoms with Gasteiger partial charge < -0.3 is 0 Å². The summed E-state index contributed by atoms with van der Waals surface area (Å²) in [4.78, 5) is 0. The summed E-state index contributed by atoms with van der Waals surface area (Å²) >= 11 is 20.1. The molecule has 15 heteroatoms. The maximum absolute atomic E-state index is 11.2. The van der Waals surface area contributed by atoms with Gasteiger partial charge in [-0.25, -0.2) is 21.6 Å². The summed E-state index contributed by atoms with van der Waals surface area (Å²) in [5.74, 6) is 0.794. The number of rotatable bonds is 7. The zero-order chi connectivity index (χ0) is 21.2. The molecule has 0 aromatic carbocycles. The zero-order valence-corrected chi connectivity index (χ0v) is 28.4. The molecule has 0 aliphatic carbocycles. The molecule has 0 amide bonds. The Labute approximate surface area is 220 Å². The number of halogens is 8. The van der Waals surface area contributed by atoms with Crippen LogP contribution in [-0.4, -0.2) is 45.6 Å². The van der Waals surface area contributed by atoms with Crippen LogP contribution in [0.2, 0.25) is 0 Å². The van der Waals surface area contributed by atoms with Crippen molar-refractivity contribution in [3.05, 3.63) is 0 Å². The molecule has 0 aromatic heterocycles. The van der Waals surface area contributed by atoms with Gasteiger partial charge in [-0.15, -0.1) is 23.2 Å². The van der Waals surface area contributed by atoms with Gasteiger partial charge in [0.1, 0.15) is 0 Å². The minimum atomic E-state index is -3.30. The Hall–Kier alpha value is 4.38. The van der Waals surface area contributed by atoms with Crippen LogP contribution in [0.1, 0.15) is 33.6 Å². The van der Waals surface area contributed by atoms with Crippen molar-refractivity contribution in [1.29, 1.82) is 0 Å². The minimum absolute atomic E-state index is 0.0297. The maximum atomic E-state index is 11.2. The van der Waals surface area contributed by atoms with E-state index in [9.17, 15) is 16.8 Å². The number of alkyl halides is 2. The van der Waals surface area contributed by atoms with E-state index >= 15 is 0 Å². The molecular weight excluding hydrogens is 1000 g/mol. The molecular formula is C10H22Cl3I5NO4S2-. The van der Waals surface area contributed by atoms with E-state index in [4.69, 9.17) is 33.9 Å². The third-order valence-corrected chi connectivity index (χ3v) is 5.05. The minimum Gasteiger partial charge on any atom is -0.212 e. The quantitative estimate of drug-likeness (QED) is 0.242. The molecule has 5 nitrogen and oxygen atoms in total. The van der Waals surface area contributed by atoms with E-state index in [0.29, 0.717) is 37.9 Å². The molecule has 0 heterocycles. The predicted octanol–water partition coefficient (Wildman–Crippen LogP) is 3.06. The second-order valence-electron chi connectivity index (χ2n) is 5.05. The molecule has 0 rings (SSSR count). The molecule has 1 N–H and O–H groups in total. The van der Waals surface area contributed by atoms with Crippen LogP contribution in [-0.2, 0) is 19.1 Å². The van der Waals surface area contributed by atoms with Crippen LogP contribution in [0.5, 0.6) is 0 Å². The Kier molecular flexibility index (Phi) is 33.9. The van der Waals surface area contributed by atoms with Crippen molar-refractivity contribution < 1.29 is 30.1 Å². The first-order chi connectivity index (χ1) is 11.2. The maximum Gasteiger partial charge on any atom is 0.232 e. The van der Waals surface area contributed by atoms with Gasteiger partial charge in [-0.1, -0.05) is 0 Å². The molecule has 0 saturated heterocycles. The molecule has 0 atom stereocenters. The van der Waals surface area contributed by atoms with Gasteiger partial charge in [0.05, 0.1) is 11.5 Å². The Bertz CT molecular complexity index is 475. The summed E-state index contributed by atoms with van der Waals surface area (Å²) in [6.45, 7) is 5.43. The summed E-state index contributed by atoms with van der Waals surface area (Å²) in [7, 11) is -1.61. The van der Waals surface area contributed by atoms with E-state index in [2.05, 4.69) is 79.2 Å². The van der Waals surface area contributed by atoms with Gasteiger partial charge in [0, 0.05) is 65.2 Å². The van der Waals surface area contributed by atoms with Gasteiger partial charge in [-0.3, -0.25) is 0 Å². The average Bonchev–Trinajstić information content (AvgIpc) is 2.43. The molecule has 160 valence electrons. The Morgan fingerprint density at radius 1 is 0.920 bits per heavy atom. The number of hydrogen-bond acceptors (Lipinski definition) is 4. The fourth-order valence-electron chi connectivity index (χ4n) is 0.989. The molecule has 0 aliphatic heterocycles. The van der Waals surface area contributed by atoms with Crippen molar-refractivity contribution in [3.8, 4) is 0 Å². The molecule has 0 spiro atoms. The second kappa shape index (κ2) is 23.1. The van der Waals surface area contributed by atoms with Gasteiger partial charge in [0.2, 0.25) is 19.1 Å². The number of nitrogens with one attached hydrogen (secondary N) is 1. The summed E-state index contributed by atoms with van der Waals surface area (Å²) in [6.07, 6.45) is 0.917. The van der Waals surface area contributed by atoms with Crippen molar-refractivity contribution in [2.75, 3.05) is 23.3 Å². The number of hydrogen-bond donors (Lipinski definition) is 1. The van der Waals surface area contributed by atoms with Crippen molar-refractivity contribution in [1.82, 2.24) is 4.72 Å². The first kappa shape index (κ1) is 36.7. The molecule has 0 aromatic rings. The zero-order valence-electron chi connectivity index (χ0n) is 13.7. The van der Waals surface area contributed by atoms with Crippen LogP contribution in [0.25, 0.3) is 0 Å². The third-order valence-electron chi connectivity index (χ3n) is 1.53. The van der Waals surface area contributed by atoms with Crippen molar-refractivity contribution in [2.45, 2.75) is 39.2 Å². The molecule has 0 saturated carbocycles. The van der Waals surface area contributed by atoms with Gasteiger partial charge in [0.25, 0.3) is 0 Å². The number of sulfonamides is 1. The second-order valence-corrected chi connectivity index (χ2v) is 26.8. The molecule has 0 bridgehead atoms. The normalized spacial score (nSPS) is 11.3. The van der Waals surface area contributed by atoms with Crippen LogP contribution < -0.4 is 18.0 Å². The van der Waals surface area contributed by atoms with E-state index in [1.807, 2.05) is 20.8 Å². The Morgan fingerprint density at radius 3 is 1.44 bits per heavy atom. The third kappa shape index (κ3) is 47.6. The largest absolute Gasteiger partial charge is 0.232 e. The van der Waals surface area contributed by atoms with Crippen LogP contribution in [0.4, 0.5) is 0 Å². The first-order valence-corrected chi connectivity index (χ1v) is 30.4. The smallest absolute Gasteiger partial charge is 0.212 e. The summed E-state index contributed by atoms with van der Waals surface area (Å²) < 4.78 is 45.2. The van der Waals surface area contributed by atoms with Crippen LogP contribution >= 0.6 is 108 Å². The van der Waals surface area contributed by atoms with Crippen LogP contribution in [0.3, 0.4) is 0 Å². The van der Waals surface area contributed by atoms with Gasteiger partial charge >= 0.3 is 50.5 Å². The summed E-state index contributed by atoms with van der Waals surface area (Å²) in [6, 6.07) is 0. The SMILES string of the molecule is CC(C)(C)NS(=O)(=O)CCCCl.II.I[I-]I.O=S(=O)(Cl)CCCCl. The van der Waals surface area contributed by atoms with Crippen molar-refractivity contribution in [3.63, 3.8) is 0 Å². The Balaban J connectivity index is -0.000000146. The molecule has 0 aliphatic rings. The van der Waals surface area contributed by atoms with Crippen molar-refractivity contribution >= 4 is 127 Å². The van der Waals surface area contributed by atoms with E-state index in [-0.39, 0.29) is 11.5 Å². The van der Waals surface area contributed by atoms with Gasteiger partial charge in [-0.05, 0) is 33.6 Å². The molecule has 0 unspecified atom stereocenters. The topological polar surface area (TPSA) is 80.3 Å². The fraction of sp³-hybridized carbons (Fsp3) is 1.00. The predicted molar refractivity (Wildman–Crippen MR) is 143 cm³/mol. The fourth-order valence-corrected chi connectivity index (χ4v) is 3.95. The first-order valence-electron chi connectivity index (χ1n) is 6.32. The van der Waals surface area contributed by atoms with Crippen LogP contribution in [0, 0.1) is 0 Å². The van der Waals surface area contributed by atoms with E-state index < -0.39 is 24.6 Å². The Morgan fingerprint density at radius 2 is 1.24 bits per heavy atom. The van der Waals surface area contributed by atoms with Crippen molar-refractivity contribution in [2.24, 2.45) is 0 Å². The van der Waals surface area contributed by atoms with Gasteiger partial charge in [-0.2, -0.15) is 0 Å². The summed E-state index contributed by atoms with van der Waals surface area (Å²) in [5.41, 5.74) is -0.398. The van der Waals surface area contributed by atoms with E-state index in [1.165, 1.54) is 0 Å². The van der Waals surface area contributed by atoms with E-state index in [1.54, 1.807) is 0 Å². The van der Waals surface area contributed by atoms with Crippen LogP contribution in [0.15, 0.2) is 0 Å². The molecule has 0 fully saturated rings.